The molecule has 1 rings (SSSR count). The molecule has 2 N–H and O–H groups in total. The van der Waals surface area contributed by atoms with Crippen LogP contribution in [-0.4, -0.2) is 18.3 Å². The quantitative estimate of drug-likeness (QED) is 0.785. The first-order valence-corrected chi connectivity index (χ1v) is 5.40. The van der Waals surface area contributed by atoms with E-state index in [-0.39, 0.29) is 18.1 Å². The first-order valence-electron chi connectivity index (χ1n) is 5.40. The van der Waals surface area contributed by atoms with Crippen molar-refractivity contribution in [3.8, 4) is 0 Å². The average molecular weight is 211 g/mol. The molecule has 0 aliphatic carbocycles. The standard InChI is InChI=1S/C12H21NO2/c1-12(2,3)9-10(13-6-7-14)11-5-4-8-15-11/h4-5,8,10,13-14H,6-7,9H2,1-3H3/t10-/m1/s1. The molecule has 86 valence electrons. The second-order valence-electron chi connectivity index (χ2n) is 5.01. The molecule has 0 aliphatic rings. The molecule has 0 spiro atoms. The summed E-state index contributed by atoms with van der Waals surface area (Å²) in [7, 11) is 0. The van der Waals surface area contributed by atoms with Crippen LogP contribution in [0.4, 0.5) is 0 Å². The Morgan fingerprint density at radius 3 is 2.67 bits per heavy atom. The predicted octanol–water partition coefficient (Wildman–Crippen LogP) is 2.34. The molecule has 0 aromatic carbocycles. The van der Waals surface area contributed by atoms with Crippen molar-refractivity contribution in [1.82, 2.24) is 5.32 Å². The molecule has 1 aromatic heterocycles. The largest absolute Gasteiger partial charge is 0.468 e. The summed E-state index contributed by atoms with van der Waals surface area (Å²) in [6.07, 6.45) is 2.67. The molecule has 0 bridgehead atoms. The highest BCUT2D eigenvalue weighted by atomic mass is 16.3. The second-order valence-corrected chi connectivity index (χ2v) is 5.01. The number of aliphatic hydroxyl groups is 1. The van der Waals surface area contributed by atoms with Crippen molar-refractivity contribution in [1.29, 1.82) is 0 Å². The zero-order chi connectivity index (χ0) is 11.3. The zero-order valence-electron chi connectivity index (χ0n) is 9.79. The van der Waals surface area contributed by atoms with Crippen LogP contribution in [0.3, 0.4) is 0 Å². The number of hydrogen-bond acceptors (Lipinski definition) is 3. The minimum atomic E-state index is 0.154. The van der Waals surface area contributed by atoms with Gasteiger partial charge in [0.05, 0.1) is 18.9 Å². The Hall–Kier alpha value is -0.800. The topological polar surface area (TPSA) is 45.4 Å². The van der Waals surface area contributed by atoms with Crippen molar-refractivity contribution in [2.45, 2.75) is 33.2 Å². The minimum Gasteiger partial charge on any atom is -0.468 e. The molecule has 0 fully saturated rings. The van der Waals surface area contributed by atoms with Crippen molar-refractivity contribution < 1.29 is 9.52 Å². The molecule has 1 aromatic rings. The van der Waals surface area contributed by atoms with Gasteiger partial charge in [0.2, 0.25) is 0 Å². The third kappa shape index (κ3) is 4.49. The highest BCUT2D eigenvalue weighted by Gasteiger charge is 2.21. The third-order valence-corrected chi connectivity index (χ3v) is 2.21. The Labute approximate surface area is 91.5 Å². The first kappa shape index (κ1) is 12.3. The number of nitrogens with one attached hydrogen (secondary N) is 1. The molecule has 0 radical (unpaired) electrons. The molecule has 1 atom stereocenters. The molecule has 0 saturated carbocycles. The van der Waals surface area contributed by atoms with Gasteiger partial charge in [0, 0.05) is 6.54 Å². The first-order chi connectivity index (χ1) is 7.03. The second kappa shape index (κ2) is 5.33. The van der Waals surface area contributed by atoms with E-state index in [0.29, 0.717) is 6.54 Å². The summed E-state index contributed by atoms with van der Waals surface area (Å²) in [4.78, 5) is 0. The lowest BCUT2D eigenvalue weighted by Gasteiger charge is -2.25. The van der Waals surface area contributed by atoms with Gasteiger partial charge < -0.3 is 14.8 Å². The number of rotatable bonds is 5. The summed E-state index contributed by atoms with van der Waals surface area (Å²) in [5, 5.41) is 12.1. The van der Waals surface area contributed by atoms with Gasteiger partial charge in [0.1, 0.15) is 5.76 Å². The molecule has 0 saturated heterocycles. The highest BCUT2D eigenvalue weighted by Crippen LogP contribution is 2.29. The van der Waals surface area contributed by atoms with Crippen LogP contribution in [0.15, 0.2) is 22.8 Å². The Morgan fingerprint density at radius 1 is 1.47 bits per heavy atom. The van der Waals surface area contributed by atoms with Crippen molar-refractivity contribution in [2.24, 2.45) is 5.41 Å². The van der Waals surface area contributed by atoms with Crippen LogP contribution in [0.1, 0.15) is 39.0 Å². The lowest BCUT2D eigenvalue weighted by atomic mass is 9.87. The summed E-state index contributed by atoms with van der Waals surface area (Å²) in [6, 6.07) is 4.05. The molecule has 3 nitrogen and oxygen atoms in total. The maximum absolute atomic E-state index is 8.82. The molecule has 0 unspecified atom stereocenters. The molecular formula is C12H21NO2. The minimum absolute atomic E-state index is 0.154. The van der Waals surface area contributed by atoms with Crippen LogP contribution in [-0.2, 0) is 0 Å². The van der Waals surface area contributed by atoms with Gasteiger partial charge in [-0.2, -0.15) is 0 Å². The SMILES string of the molecule is CC(C)(C)C[C@@H](NCCO)c1ccco1. The van der Waals surface area contributed by atoms with Gasteiger partial charge in [-0.15, -0.1) is 0 Å². The molecule has 15 heavy (non-hydrogen) atoms. The Morgan fingerprint density at radius 2 is 2.20 bits per heavy atom. The summed E-state index contributed by atoms with van der Waals surface area (Å²) < 4.78 is 5.39. The van der Waals surface area contributed by atoms with Crippen LogP contribution in [0.5, 0.6) is 0 Å². The lowest BCUT2D eigenvalue weighted by molar-refractivity contribution is 0.248. The summed E-state index contributed by atoms with van der Waals surface area (Å²) in [5.41, 5.74) is 0.236. The van der Waals surface area contributed by atoms with Gasteiger partial charge in [-0.05, 0) is 24.0 Å². The molecular weight excluding hydrogens is 190 g/mol. The van der Waals surface area contributed by atoms with E-state index >= 15 is 0 Å². The van der Waals surface area contributed by atoms with Crippen LogP contribution < -0.4 is 5.32 Å². The van der Waals surface area contributed by atoms with E-state index in [1.807, 2.05) is 12.1 Å². The van der Waals surface area contributed by atoms with Gasteiger partial charge >= 0.3 is 0 Å². The van der Waals surface area contributed by atoms with E-state index in [9.17, 15) is 0 Å². The third-order valence-electron chi connectivity index (χ3n) is 2.21. The van der Waals surface area contributed by atoms with Gasteiger partial charge in [0.15, 0.2) is 0 Å². The molecule has 1 heterocycles. The van der Waals surface area contributed by atoms with Gasteiger partial charge in [0.25, 0.3) is 0 Å². The van der Waals surface area contributed by atoms with Crippen molar-refractivity contribution in [3.05, 3.63) is 24.2 Å². The normalized spacial score (nSPS) is 14.1. The molecule has 0 amide bonds. The molecule has 3 heteroatoms. The fraction of sp³-hybridized carbons (Fsp3) is 0.667. The number of furan rings is 1. The summed E-state index contributed by atoms with van der Waals surface area (Å²) in [6.45, 7) is 7.35. The monoisotopic (exact) mass is 211 g/mol. The smallest absolute Gasteiger partial charge is 0.120 e. The van der Waals surface area contributed by atoms with Crippen molar-refractivity contribution >= 4 is 0 Å². The lowest BCUT2D eigenvalue weighted by Crippen LogP contribution is -2.27. The van der Waals surface area contributed by atoms with E-state index in [0.717, 1.165) is 12.2 Å². The number of hydrogen-bond donors (Lipinski definition) is 2. The number of aliphatic hydroxyl groups excluding tert-OH is 1. The van der Waals surface area contributed by atoms with E-state index in [1.54, 1.807) is 6.26 Å². The maximum atomic E-state index is 8.82. The van der Waals surface area contributed by atoms with E-state index in [1.165, 1.54) is 0 Å². The van der Waals surface area contributed by atoms with Crippen molar-refractivity contribution in [3.63, 3.8) is 0 Å². The predicted molar refractivity (Wildman–Crippen MR) is 60.6 cm³/mol. The van der Waals surface area contributed by atoms with Crippen molar-refractivity contribution in [2.75, 3.05) is 13.2 Å². The van der Waals surface area contributed by atoms with Crippen LogP contribution in [0.2, 0.25) is 0 Å². The fourth-order valence-electron chi connectivity index (χ4n) is 1.61. The van der Waals surface area contributed by atoms with Gasteiger partial charge in [-0.1, -0.05) is 20.8 Å². The summed E-state index contributed by atoms with van der Waals surface area (Å²) >= 11 is 0. The fourth-order valence-corrected chi connectivity index (χ4v) is 1.61. The Bertz CT molecular complexity index is 262. The maximum Gasteiger partial charge on any atom is 0.120 e. The highest BCUT2D eigenvalue weighted by molar-refractivity contribution is 5.05. The van der Waals surface area contributed by atoms with Crippen LogP contribution in [0.25, 0.3) is 0 Å². The van der Waals surface area contributed by atoms with Gasteiger partial charge in [-0.3, -0.25) is 0 Å². The van der Waals surface area contributed by atoms with E-state index < -0.39 is 0 Å². The Balaban J connectivity index is 2.62. The van der Waals surface area contributed by atoms with Crippen LogP contribution >= 0.6 is 0 Å². The van der Waals surface area contributed by atoms with Gasteiger partial charge in [-0.25, -0.2) is 0 Å². The average Bonchev–Trinajstić information content (AvgIpc) is 2.63. The summed E-state index contributed by atoms with van der Waals surface area (Å²) in [5.74, 6) is 0.943. The Kier molecular flexibility index (Phi) is 4.36. The molecule has 0 aliphatic heterocycles. The zero-order valence-corrected chi connectivity index (χ0v) is 9.79. The van der Waals surface area contributed by atoms with Crippen LogP contribution in [0, 0.1) is 5.41 Å². The van der Waals surface area contributed by atoms with E-state index in [4.69, 9.17) is 9.52 Å². The van der Waals surface area contributed by atoms with E-state index in [2.05, 4.69) is 26.1 Å².